The number of hydrogen-bond acceptors (Lipinski definition) is 2. The number of rotatable bonds is 3. The largest absolute Gasteiger partial charge is 0.480 e. The van der Waals surface area contributed by atoms with Crippen LogP contribution in [0.15, 0.2) is 18.2 Å². The zero-order valence-electron chi connectivity index (χ0n) is 8.33. The van der Waals surface area contributed by atoms with Gasteiger partial charge in [0.05, 0.1) is 15.6 Å². The van der Waals surface area contributed by atoms with Gasteiger partial charge in [0, 0.05) is 0 Å². The van der Waals surface area contributed by atoms with Crippen LogP contribution in [0.5, 0.6) is 0 Å². The van der Waals surface area contributed by atoms with Gasteiger partial charge in [0.15, 0.2) is 0 Å². The van der Waals surface area contributed by atoms with Gasteiger partial charge >= 0.3 is 5.97 Å². The van der Waals surface area contributed by atoms with Crippen LogP contribution in [0, 0.1) is 0 Å². The first-order valence-corrected chi connectivity index (χ1v) is 5.16. The maximum Gasteiger partial charge on any atom is 0.325 e. The average Bonchev–Trinajstić information content (AvgIpc) is 2.16. The number of hydrogen-bond donors (Lipinski definition) is 2. The topological polar surface area (TPSA) is 66.4 Å². The summed E-state index contributed by atoms with van der Waals surface area (Å²) in [6.45, 7) is 1.35. The number of aliphatic carboxylic acids is 1. The Hall–Kier alpha value is -1.26. The Kier molecular flexibility index (Phi) is 4.15. The Morgan fingerprint density at radius 2 is 1.81 bits per heavy atom. The second kappa shape index (κ2) is 5.18. The van der Waals surface area contributed by atoms with Crippen LogP contribution in [0.25, 0.3) is 0 Å². The molecule has 0 aliphatic rings. The fourth-order valence-corrected chi connectivity index (χ4v) is 1.61. The maximum atomic E-state index is 11.7. The lowest BCUT2D eigenvalue weighted by Gasteiger charge is -2.11. The third kappa shape index (κ3) is 2.87. The van der Waals surface area contributed by atoms with Crippen molar-refractivity contribution in [1.29, 1.82) is 0 Å². The Morgan fingerprint density at radius 1 is 1.31 bits per heavy atom. The molecule has 1 rings (SSSR count). The van der Waals surface area contributed by atoms with Crippen molar-refractivity contribution in [2.45, 2.75) is 13.0 Å². The molecule has 1 aromatic carbocycles. The molecule has 1 amide bonds. The highest BCUT2D eigenvalue weighted by atomic mass is 35.5. The smallest absolute Gasteiger partial charge is 0.325 e. The quantitative estimate of drug-likeness (QED) is 0.877. The average molecular weight is 262 g/mol. The van der Waals surface area contributed by atoms with Crippen LogP contribution in [0.2, 0.25) is 10.0 Å². The minimum Gasteiger partial charge on any atom is -0.480 e. The Labute approximate surface area is 102 Å². The van der Waals surface area contributed by atoms with Gasteiger partial charge in [-0.1, -0.05) is 29.3 Å². The van der Waals surface area contributed by atoms with Crippen LogP contribution < -0.4 is 5.32 Å². The van der Waals surface area contributed by atoms with E-state index < -0.39 is 17.9 Å². The lowest BCUT2D eigenvalue weighted by Crippen LogP contribution is -2.38. The first-order valence-electron chi connectivity index (χ1n) is 4.41. The van der Waals surface area contributed by atoms with Crippen molar-refractivity contribution in [2.24, 2.45) is 0 Å². The van der Waals surface area contributed by atoms with E-state index in [1.807, 2.05) is 0 Å². The Bertz CT molecular complexity index is 414. The van der Waals surface area contributed by atoms with E-state index in [1.165, 1.54) is 19.1 Å². The Morgan fingerprint density at radius 3 is 2.25 bits per heavy atom. The van der Waals surface area contributed by atoms with E-state index in [4.69, 9.17) is 28.3 Å². The second-order valence-electron chi connectivity index (χ2n) is 3.13. The van der Waals surface area contributed by atoms with Gasteiger partial charge in [0.2, 0.25) is 0 Å². The summed E-state index contributed by atoms with van der Waals surface area (Å²) in [7, 11) is 0. The molecule has 1 aromatic rings. The van der Waals surface area contributed by atoms with Crippen molar-refractivity contribution in [3.8, 4) is 0 Å². The predicted molar refractivity (Wildman–Crippen MR) is 61.0 cm³/mol. The zero-order chi connectivity index (χ0) is 12.3. The van der Waals surface area contributed by atoms with E-state index in [9.17, 15) is 9.59 Å². The van der Waals surface area contributed by atoms with E-state index >= 15 is 0 Å². The molecule has 6 heteroatoms. The molecule has 16 heavy (non-hydrogen) atoms. The van der Waals surface area contributed by atoms with Gasteiger partial charge in [0.1, 0.15) is 6.04 Å². The Balaban J connectivity index is 2.93. The van der Waals surface area contributed by atoms with Crippen molar-refractivity contribution >= 4 is 35.1 Å². The highest BCUT2D eigenvalue weighted by Gasteiger charge is 2.19. The van der Waals surface area contributed by atoms with Crippen molar-refractivity contribution in [3.05, 3.63) is 33.8 Å². The SMILES string of the molecule is CC(NC(=O)c1c(Cl)cccc1Cl)C(=O)O. The molecular weight excluding hydrogens is 253 g/mol. The van der Waals surface area contributed by atoms with E-state index in [0.29, 0.717) is 0 Å². The van der Waals surface area contributed by atoms with Gasteiger partial charge in [-0.25, -0.2) is 0 Å². The first kappa shape index (κ1) is 12.8. The molecule has 86 valence electrons. The second-order valence-corrected chi connectivity index (χ2v) is 3.94. The molecule has 0 fully saturated rings. The number of carboxylic acid groups (broad SMARTS) is 1. The minimum atomic E-state index is -1.13. The van der Waals surface area contributed by atoms with Gasteiger partial charge in [-0.3, -0.25) is 9.59 Å². The number of carbonyl (C=O) groups is 2. The number of carboxylic acids is 1. The summed E-state index contributed by atoms with van der Waals surface area (Å²) in [5.74, 6) is -1.73. The highest BCUT2D eigenvalue weighted by molar-refractivity contribution is 6.39. The number of carbonyl (C=O) groups excluding carboxylic acids is 1. The summed E-state index contributed by atoms with van der Waals surface area (Å²) in [4.78, 5) is 22.2. The van der Waals surface area contributed by atoms with Crippen LogP contribution >= 0.6 is 23.2 Å². The molecule has 0 aliphatic carbocycles. The minimum absolute atomic E-state index is 0.0823. The molecule has 1 unspecified atom stereocenters. The summed E-state index contributed by atoms with van der Waals surface area (Å²) in [6.07, 6.45) is 0. The van der Waals surface area contributed by atoms with E-state index in [0.717, 1.165) is 0 Å². The van der Waals surface area contributed by atoms with Crippen molar-refractivity contribution < 1.29 is 14.7 Å². The van der Waals surface area contributed by atoms with Crippen molar-refractivity contribution in [1.82, 2.24) is 5.32 Å². The standard InChI is InChI=1S/C10H9Cl2NO3/c1-5(10(15)16)13-9(14)8-6(11)3-2-4-7(8)12/h2-5H,1H3,(H,13,14)(H,15,16). The van der Waals surface area contributed by atoms with Gasteiger partial charge in [-0.05, 0) is 19.1 Å². The third-order valence-corrected chi connectivity index (χ3v) is 2.54. The fourth-order valence-electron chi connectivity index (χ4n) is 1.05. The first-order chi connectivity index (χ1) is 7.43. The monoisotopic (exact) mass is 261 g/mol. The van der Waals surface area contributed by atoms with Crippen LogP contribution in [0.4, 0.5) is 0 Å². The molecule has 0 bridgehead atoms. The molecule has 0 spiro atoms. The summed E-state index contributed by atoms with van der Waals surface area (Å²) < 4.78 is 0. The molecule has 4 nitrogen and oxygen atoms in total. The van der Waals surface area contributed by atoms with Crippen molar-refractivity contribution in [3.63, 3.8) is 0 Å². The van der Waals surface area contributed by atoms with Crippen LogP contribution in [0.1, 0.15) is 17.3 Å². The van der Waals surface area contributed by atoms with Gasteiger partial charge in [-0.2, -0.15) is 0 Å². The fraction of sp³-hybridized carbons (Fsp3) is 0.200. The summed E-state index contributed by atoms with van der Waals surface area (Å²) in [5.41, 5.74) is 0.0823. The van der Waals surface area contributed by atoms with Crippen LogP contribution in [-0.2, 0) is 4.79 Å². The van der Waals surface area contributed by atoms with Gasteiger partial charge < -0.3 is 10.4 Å². The van der Waals surface area contributed by atoms with E-state index in [1.54, 1.807) is 6.07 Å². The predicted octanol–water partition coefficient (Wildman–Crippen LogP) is 2.20. The molecule has 0 saturated heterocycles. The molecular formula is C10H9Cl2NO3. The maximum absolute atomic E-state index is 11.7. The van der Waals surface area contributed by atoms with Crippen LogP contribution in [-0.4, -0.2) is 23.0 Å². The normalized spacial score (nSPS) is 11.9. The summed E-state index contributed by atoms with van der Waals surface area (Å²) in [5, 5.41) is 11.3. The lowest BCUT2D eigenvalue weighted by atomic mass is 10.2. The summed E-state index contributed by atoms with van der Waals surface area (Å²) >= 11 is 11.6. The zero-order valence-corrected chi connectivity index (χ0v) is 9.84. The molecule has 1 atom stereocenters. The van der Waals surface area contributed by atoms with Gasteiger partial charge in [-0.15, -0.1) is 0 Å². The number of nitrogens with one attached hydrogen (secondary N) is 1. The van der Waals surface area contributed by atoms with E-state index in [-0.39, 0.29) is 15.6 Å². The number of benzene rings is 1. The van der Waals surface area contributed by atoms with Crippen LogP contribution in [0.3, 0.4) is 0 Å². The van der Waals surface area contributed by atoms with Crippen molar-refractivity contribution in [2.75, 3.05) is 0 Å². The molecule has 0 aromatic heterocycles. The molecule has 0 heterocycles. The van der Waals surface area contributed by atoms with Gasteiger partial charge in [0.25, 0.3) is 5.91 Å². The number of amides is 1. The molecule has 2 N–H and O–H groups in total. The third-order valence-electron chi connectivity index (χ3n) is 1.91. The number of halogens is 2. The highest BCUT2D eigenvalue weighted by Crippen LogP contribution is 2.23. The molecule has 0 aliphatic heterocycles. The van der Waals surface area contributed by atoms with E-state index in [2.05, 4.69) is 5.32 Å². The summed E-state index contributed by atoms with van der Waals surface area (Å²) in [6, 6.07) is 3.61. The molecule has 0 saturated carbocycles. The lowest BCUT2D eigenvalue weighted by molar-refractivity contribution is -0.138. The molecule has 0 radical (unpaired) electrons.